The summed E-state index contributed by atoms with van der Waals surface area (Å²) >= 11 is 0. The number of hydrogen-bond donors (Lipinski definition) is 1. The van der Waals surface area contributed by atoms with Gasteiger partial charge in [-0.3, -0.25) is 0 Å². The molecule has 2 aromatic heterocycles. The van der Waals surface area contributed by atoms with Gasteiger partial charge in [-0.1, -0.05) is 12.1 Å². The number of nitrogens with zero attached hydrogens (tertiary/aromatic N) is 4. The minimum atomic E-state index is 0.672. The third-order valence-corrected chi connectivity index (χ3v) is 3.98. The molecule has 1 N–H and O–H groups in total. The van der Waals surface area contributed by atoms with Crippen LogP contribution >= 0.6 is 0 Å². The number of fused-ring (bicyclic) bond motifs is 2. The Labute approximate surface area is 123 Å². The molecule has 0 spiro atoms. The van der Waals surface area contributed by atoms with E-state index in [1.807, 2.05) is 4.52 Å². The first-order chi connectivity index (χ1) is 10.3. The molecule has 0 saturated carbocycles. The Morgan fingerprint density at radius 1 is 1.19 bits per heavy atom. The molecule has 0 saturated heterocycles. The van der Waals surface area contributed by atoms with Crippen molar-refractivity contribution in [2.75, 3.05) is 5.32 Å². The first kappa shape index (κ1) is 12.3. The van der Waals surface area contributed by atoms with Gasteiger partial charge in [0.05, 0.1) is 5.69 Å². The van der Waals surface area contributed by atoms with E-state index in [0.717, 1.165) is 30.0 Å². The predicted molar refractivity (Wildman–Crippen MR) is 81.9 cm³/mol. The molecule has 0 bridgehead atoms. The molecule has 5 nitrogen and oxygen atoms in total. The van der Waals surface area contributed by atoms with Crippen molar-refractivity contribution in [3.63, 3.8) is 0 Å². The van der Waals surface area contributed by atoms with Crippen LogP contribution in [0.1, 0.15) is 29.7 Å². The van der Waals surface area contributed by atoms with Gasteiger partial charge in [0, 0.05) is 11.3 Å². The van der Waals surface area contributed by atoms with Gasteiger partial charge in [-0.15, -0.1) is 0 Å². The van der Waals surface area contributed by atoms with Crippen LogP contribution in [0.2, 0.25) is 0 Å². The van der Waals surface area contributed by atoms with Crippen molar-refractivity contribution in [1.82, 2.24) is 19.6 Å². The molecular weight excluding hydrogens is 262 g/mol. The topological polar surface area (TPSA) is 55.1 Å². The molecule has 1 aliphatic carbocycles. The van der Waals surface area contributed by atoms with E-state index in [2.05, 4.69) is 51.6 Å². The monoisotopic (exact) mass is 279 g/mol. The Balaban J connectivity index is 1.88. The molecule has 0 radical (unpaired) electrons. The highest BCUT2D eigenvalue weighted by atomic mass is 15.4. The van der Waals surface area contributed by atoms with Crippen molar-refractivity contribution in [3.8, 4) is 0 Å². The van der Waals surface area contributed by atoms with E-state index in [1.165, 1.54) is 24.0 Å². The van der Waals surface area contributed by atoms with Crippen molar-refractivity contribution in [1.29, 1.82) is 0 Å². The lowest BCUT2D eigenvalue weighted by atomic mass is 9.96. The Morgan fingerprint density at radius 2 is 2.10 bits per heavy atom. The zero-order chi connectivity index (χ0) is 14.2. The summed E-state index contributed by atoms with van der Waals surface area (Å²) in [6.45, 7) is 2.10. The molecule has 2 heterocycles. The Morgan fingerprint density at radius 3 is 3.00 bits per heavy atom. The fraction of sp³-hybridized carbons (Fsp3) is 0.312. The average molecular weight is 279 g/mol. The van der Waals surface area contributed by atoms with E-state index in [-0.39, 0.29) is 0 Å². The molecule has 3 aromatic rings. The largest absolute Gasteiger partial charge is 0.340 e. The first-order valence-electron chi connectivity index (χ1n) is 7.36. The zero-order valence-electron chi connectivity index (χ0n) is 12.0. The standard InChI is InChI=1S/C16H17N5/c1-11-5-4-6-12(9-11)19-15-13-7-2-3-8-14(13)20-16-17-10-18-21(15)16/h4-6,9-10,19H,2-3,7-8H2,1H3. The van der Waals surface area contributed by atoms with Gasteiger partial charge in [-0.05, 0) is 50.3 Å². The summed E-state index contributed by atoms with van der Waals surface area (Å²) in [6, 6.07) is 8.37. The second kappa shape index (κ2) is 4.84. The maximum atomic E-state index is 4.64. The normalized spacial score (nSPS) is 14.1. The van der Waals surface area contributed by atoms with Gasteiger partial charge in [0.2, 0.25) is 0 Å². The summed E-state index contributed by atoms with van der Waals surface area (Å²) in [6.07, 6.45) is 6.05. The van der Waals surface area contributed by atoms with Gasteiger partial charge in [0.1, 0.15) is 12.1 Å². The number of anilines is 2. The zero-order valence-corrected chi connectivity index (χ0v) is 12.0. The molecule has 1 aromatic carbocycles. The maximum absolute atomic E-state index is 4.64. The number of aryl methyl sites for hydroxylation is 2. The van der Waals surface area contributed by atoms with Crippen molar-refractivity contribution >= 4 is 17.3 Å². The van der Waals surface area contributed by atoms with Crippen molar-refractivity contribution in [2.45, 2.75) is 32.6 Å². The van der Waals surface area contributed by atoms with Crippen molar-refractivity contribution in [3.05, 3.63) is 47.4 Å². The summed E-state index contributed by atoms with van der Waals surface area (Å²) in [5.74, 6) is 1.68. The predicted octanol–water partition coefficient (Wildman–Crippen LogP) is 3.06. The van der Waals surface area contributed by atoms with Gasteiger partial charge in [-0.25, -0.2) is 4.98 Å². The fourth-order valence-electron chi connectivity index (χ4n) is 2.97. The first-order valence-corrected chi connectivity index (χ1v) is 7.36. The number of benzene rings is 1. The molecule has 4 rings (SSSR count). The minimum Gasteiger partial charge on any atom is -0.340 e. The summed E-state index contributed by atoms with van der Waals surface area (Å²) in [7, 11) is 0. The summed E-state index contributed by atoms with van der Waals surface area (Å²) in [4.78, 5) is 8.89. The number of nitrogens with one attached hydrogen (secondary N) is 1. The molecule has 0 aliphatic heterocycles. The van der Waals surface area contributed by atoms with Gasteiger partial charge >= 0.3 is 0 Å². The highest BCUT2D eigenvalue weighted by Crippen LogP contribution is 2.29. The van der Waals surface area contributed by atoms with Gasteiger partial charge in [0.15, 0.2) is 0 Å². The van der Waals surface area contributed by atoms with Crippen molar-refractivity contribution in [2.24, 2.45) is 0 Å². The fourth-order valence-corrected chi connectivity index (χ4v) is 2.97. The summed E-state index contributed by atoms with van der Waals surface area (Å²) in [5.41, 5.74) is 4.75. The number of hydrogen-bond acceptors (Lipinski definition) is 4. The second-order valence-electron chi connectivity index (χ2n) is 5.56. The maximum Gasteiger partial charge on any atom is 0.254 e. The van der Waals surface area contributed by atoms with Gasteiger partial charge in [0.25, 0.3) is 5.78 Å². The molecule has 21 heavy (non-hydrogen) atoms. The van der Waals surface area contributed by atoms with E-state index in [1.54, 1.807) is 6.33 Å². The molecule has 0 fully saturated rings. The van der Waals surface area contributed by atoms with Crippen LogP contribution in [0.4, 0.5) is 11.5 Å². The van der Waals surface area contributed by atoms with Crippen LogP contribution in [0.15, 0.2) is 30.6 Å². The second-order valence-corrected chi connectivity index (χ2v) is 5.56. The quantitative estimate of drug-likeness (QED) is 0.783. The van der Waals surface area contributed by atoms with E-state index in [9.17, 15) is 0 Å². The molecule has 0 amide bonds. The molecule has 0 unspecified atom stereocenters. The van der Waals surface area contributed by atoms with Gasteiger partial charge in [-0.2, -0.15) is 14.6 Å². The molecule has 5 heteroatoms. The molecule has 1 aliphatic rings. The van der Waals surface area contributed by atoms with Gasteiger partial charge < -0.3 is 5.32 Å². The lowest BCUT2D eigenvalue weighted by molar-refractivity contribution is 0.662. The third kappa shape index (κ3) is 2.14. The average Bonchev–Trinajstić information content (AvgIpc) is 2.95. The highest BCUT2D eigenvalue weighted by Gasteiger charge is 2.19. The lowest BCUT2D eigenvalue weighted by Crippen LogP contribution is -2.13. The summed E-state index contributed by atoms with van der Waals surface area (Å²) in [5, 5.41) is 7.85. The smallest absolute Gasteiger partial charge is 0.254 e. The van der Waals surface area contributed by atoms with Crippen LogP contribution in [0.3, 0.4) is 0 Å². The summed E-state index contributed by atoms with van der Waals surface area (Å²) < 4.78 is 1.81. The third-order valence-electron chi connectivity index (χ3n) is 3.98. The van der Waals surface area contributed by atoms with E-state index >= 15 is 0 Å². The van der Waals surface area contributed by atoms with Crippen molar-refractivity contribution < 1.29 is 0 Å². The van der Waals surface area contributed by atoms with Crippen LogP contribution in [0, 0.1) is 6.92 Å². The Hall–Kier alpha value is -2.43. The molecular formula is C16H17N5. The van der Waals surface area contributed by atoms with Crippen LogP contribution in [0.5, 0.6) is 0 Å². The van der Waals surface area contributed by atoms with E-state index in [0.29, 0.717) is 5.78 Å². The Bertz CT molecular complexity index is 806. The SMILES string of the molecule is Cc1cccc(Nc2c3c(nc4ncnn24)CCCC3)c1. The number of aromatic nitrogens is 4. The van der Waals surface area contributed by atoms with Crippen LogP contribution in [-0.4, -0.2) is 19.6 Å². The minimum absolute atomic E-state index is 0.672. The van der Waals surface area contributed by atoms with Crippen LogP contribution in [0.25, 0.3) is 5.78 Å². The highest BCUT2D eigenvalue weighted by molar-refractivity contribution is 5.63. The van der Waals surface area contributed by atoms with E-state index in [4.69, 9.17) is 0 Å². The number of rotatable bonds is 2. The molecule has 0 atom stereocenters. The van der Waals surface area contributed by atoms with Crippen LogP contribution < -0.4 is 5.32 Å². The Kier molecular flexibility index (Phi) is 2.84. The van der Waals surface area contributed by atoms with Crippen LogP contribution in [-0.2, 0) is 12.8 Å². The lowest BCUT2D eigenvalue weighted by Gasteiger charge is -2.20. The van der Waals surface area contributed by atoms with E-state index < -0.39 is 0 Å². The molecule has 106 valence electrons.